The molecule has 6 nitrogen and oxygen atoms in total. The summed E-state index contributed by atoms with van der Waals surface area (Å²) in [5.74, 6) is 1.47. The third-order valence-electron chi connectivity index (χ3n) is 6.29. The molecule has 6 heteroatoms. The first kappa shape index (κ1) is 19.1. The zero-order valence-electron chi connectivity index (χ0n) is 16.6. The van der Waals surface area contributed by atoms with Gasteiger partial charge in [-0.25, -0.2) is 0 Å². The van der Waals surface area contributed by atoms with E-state index in [4.69, 9.17) is 4.74 Å². The summed E-state index contributed by atoms with van der Waals surface area (Å²) in [7, 11) is 0. The van der Waals surface area contributed by atoms with Crippen molar-refractivity contribution in [1.82, 2.24) is 10.2 Å². The summed E-state index contributed by atoms with van der Waals surface area (Å²) in [5.41, 5.74) is 0.983. The van der Waals surface area contributed by atoms with Gasteiger partial charge in [0.25, 0.3) is 0 Å². The molecule has 1 aromatic rings. The summed E-state index contributed by atoms with van der Waals surface area (Å²) in [6, 6.07) is 8.02. The van der Waals surface area contributed by atoms with E-state index < -0.39 is 0 Å². The number of benzene rings is 1. The van der Waals surface area contributed by atoms with E-state index in [0.717, 1.165) is 56.8 Å². The molecule has 0 bridgehead atoms. The number of hydrogen-bond donors (Lipinski definition) is 1. The van der Waals surface area contributed by atoms with Crippen molar-refractivity contribution in [3.8, 4) is 5.75 Å². The number of fused-ring (bicyclic) bond motifs is 1. The molecule has 1 N–H and O–H groups in total. The zero-order valence-corrected chi connectivity index (χ0v) is 16.6. The highest BCUT2D eigenvalue weighted by Gasteiger charge is 2.30. The molecule has 28 heavy (non-hydrogen) atoms. The number of piperidine rings is 1. The van der Waals surface area contributed by atoms with Gasteiger partial charge in [-0.1, -0.05) is 31.4 Å². The van der Waals surface area contributed by atoms with Crippen molar-refractivity contribution in [3.63, 3.8) is 0 Å². The third kappa shape index (κ3) is 4.42. The number of para-hydroxylation sites is 2. The fourth-order valence-corrected chi connectivity index (χ4v) is 4.69. The minimum absolute atomic E-state index is 0.0498. The van der Waals surface area contributed by atoms with Crippen molar-refractivity contribution >= 4 is 17.5 Å². The SMILES string of the molecule is O=C(CN1CCOc2ccccc21)NC1CCN(C(=O)C2CCCCC2)CC1. The maximum Gasteiger partial charge on any atom is 0.239 e. The Morgan fingerprint density at radius 1 is 1.00 bits per heavy atom. The number of anilines is 1. The van der Waals surface area contributed by atoms with E-state index in [0.29, 0.717) is 19.1 Å². The quantitative estimate of drug-likeness (QED) is 0.865. The molecule has 1 aromatic carbocycles. The van der Waals surface area contributed by atoms with Gasteiger partial charge in [0.05, 0.1) is 18.8 Å². The second kappa shape index (κ2) is 8.84. The Balaban J connectivity index is 1.24. The maximum atomic E-state index is 12.7. The molecule has 0 spiro atoms. The molecule has 2 aliphatic heterocycles. The van der Waals surface area contributed by atoms with Crippen LogP contribution in [-0.2, 0) is 9.59 Å². The van der Waals surface area contributed by atoms with Crippen LogP contribution < -0.4 is 15.0 Å². The second-order valence-corrected chi connectivity index (χ2v) is 8.24. The van der Waals surface area contributed by atoms with Gasteiger partial charge in [-0.05, 0) is 37.8 Å². The summed E-state index contributed by atoms with van der Waals surface area (Å²) < 4.78 is 5.66. The van der Waals surface area contributed by atoms with Gasteiger partial charge in [0.2, 0.25) is 11.8 Å². The fraction of sp³-hybridized carbons (Fsp3) is 0.636. The van der Waals surface area contributed by atoms with E-state index in [1.165, 1.54) is 19.3 Å². The van der Waals surface area contributed by atoms with Crippen molar-refractivity contribution in [2.75, 3.05) is 37.7 Å². The predicted molar refractivity (Wildman–Crippen MR) is 108 cm³/mol. The Kier molecular flexibility index (Phi) is 6.03. The largest absolute Gasteiger partial charge is 0.490 e. The molecule has 1 saturated heterocycles. The summed E-state index contributed by atoms with van der Waals surface area (Å²) >= 11 is 0. The van der Waals surface area contributed by atoms with Gasteiger partial charge >= 0.3 is 0 Å². The molecule has 2 amide bonds. The highest BCUT2D eigenvalue weighted by Crippen LogP contribution is 2.30. The lowest BCUT2D eigenvalue weighted by Crippen LogP contribution is -2.50. The number of ether oxygens (including phenoxy) is 1. The first-order valence-electron chi connectivity index (χ1n) is 10.8. The van der Waals surface area contributed by atoms with Crippen LogP contribution in [0, 0.1) is 5.92 Å². The van der Waals surface area contributed by atoms with E-state index in [9.17, 15) is 9.59 Å². The van der Waals surface area contributed by atoms with Crippen molar-refractivity contribution in [2.24, 2.45) is 5.92 Å². The minimum atomic E-state index is 0.0498. The molecular weight excluding hydrogens is 354 g/mol. The Morgan fingerprint density at radius 2 is 1.75 bits per heavy atom. The number of rotatable bonds is 4. The molecule has 2 heterocycles. The average Bonchev–Trinajstić information content (AvgIpc) is 2.75. The molecule has 0 atom stereocenters. The van der Waals surface area contributed by atoms with Crippen molar-refractivity contribution in [3.05, 3.63) is 24.3 Å². The summed E-state index contributed by atoms with van der Waals surface area (Å²) in [5, 5.41) is 3.18. The number of likely N-dealkylation sites (tertiary alicyclic amines) is 1. The number of amides is 2. The molecule has 3 aliphatic rings. The predicted octanol–water partition coefficient (Wildman–Crippen LogP) is 2.57. The van der Waals surface area contributed by atoms with Crippen LogP contribution in [0.25, 0.3) is 0 Å². The van der Waals surface area contributed by atoms with Crippen LogP contribution >= 0.6 is 0 Å². The van der Waals surface area contributed by atoms with Gasteiger partial charge in [-0.3, -0.25) is 9.59 Å². The number of carbonyl (C=O) groups excluding carboxylic acids is 2. The molecule has 0 unspecified atom stereocenters. The summed E-state index contributed by atoms with van der Waals surface area (Å²) in [6.07, 6.45) is 7.45. The number of nitrogens with zero attached hydrogens (tertiary/aromatic N) is 2. The number of carbonyl (C=O) groups is 2. The van der Waals surface area contributed by atoms with Crippen molar-refractivity contribution in [1.29, 1.82) is 0 Å². The standard InChI is InChI=1S/C22H31N3O3/c26-21(16-25-14-15-28-20-9-5-4-8-19(20)25)23-18-10-12-24(13-11-18)22(27)17-6-2-1-3-7-17/h4-5,8-9,17-18H,1-3,6-7,10-16H2,(H,23,26). The van der Waals surface area contributed by atoms with Crippen LogP contribution in [0.1, 0.15) is 44.9 Å². The average molecular weight is 386 g/mol. The van der Waals surface area contributed by atoms with Crippen molar-refractivity contribution < 1.29 is 14.3 Å². The Morgan fingerprint density at radius 3 is 2.54 bits per heavy atom. The first-order valence-corrected chi connectivity index (χ1v) is 10.8. The molecule has 4 rings (SSSR count). The fourth-order valence-electron chi connectivity index (χ4n) is 4.69. The van der Waals surface area contributed by atoms with Gasteiger partial charge in [0.15, 0.2) is 0 Å². The van der Waals surface area contributed by atoms with Gasteiger partial charge in [-0.15, -0.1) is 0 Å². The third-order valence-corrected chi connectivity index (χ3v) is 6.29. The topological polar surface area (TPSA) is 61.9 Å². The van der Waals surface area contributed by atoms with Crippen LogP contribution in [-0.4, -0.2) is 55.5 Å². The lowest BCUT2D eigenvalue weighted by atomic mass is 9.87. The van der Waals surface area contributed by atoms with Gasteiger partial charge in [0, 0.05) is 25.0 Å². The molecule has 1 aliphatic carbocycles. The van der Waals surface area contributed by atoms with E-state index >= 15 is 0 Å². The molecule has 0 radical (unpaired) electrons. The maximum absolute atomic E-state index is 12.7. The van der Waals surface area contributed by atoms with Crippen LogP contribution in [0.3, 0.4) is 0 Å². The Hall–Kier alpha value is -2.24. The van der Waals surface area contributed by atoms with E-state index in [1.807, 2.05) is 29.2 Å². The normalized spacial score (nSPS) is 21.0. The number of hydrogen-bond acceptors (Lipinski definition) is 4. The van der Waals surface area contributed by atoms with Gasteiger partial charge in [0.1, 0.15) is 12.4 Å². The van der Waals surface area contributed by atoms with Crippen LogP contribution in [0.2, 0.25) is 0 Å². The minimum Gasteiger partial charge on any atom is -0.490 e. The lowest BCUT2D eigenvalue weighted by Gasteiger charge is -2.36. The Bertz CT molecular complexity index is 694. The highest BCUT2D eigenvalue weighted by molar-refractivity contribution is 5.82. The van der Waals surface area contributed by atoms with Crippen LogP contribution in [0.5, 0.6) is 5.75 Å². The van der Waals surface area contributed by atoms with Crippen LogP contribution in [0.15, 0.2) is 24.3 Å². The van der Waals surface area contributed by atoms with Crippen LogP contribution in [0.4, 0.5) is 5.69 Å². The Labute approximate surface area is 167 Å². The van der Waals surface area contributed by atoms with E-state index in [-0.39, 0.29) is 17.9 Å². The molecule has 152 valence electrons. The lowest BCUT2D eigenvalue weighted by molar-refractivity contribution is -0.137. The molecule has 0 aromatic heterocycles. The smallest absolute Gasteiger partial charge is 0.239 e. The first-order chi connectivity index (χ1) is 13.7. The molecule has 2 fully saturated rings. The van der Waals surface area contributed by atoms with Gasteiger partial charge in [-0.2, -0.15) is 0 Å². The second-order valence-electron chi connectivity index (χ2n) is 8.24. The molecule has 1 saturated carbocycles. The number of nitrogens with one attached hydrogen (secondary N) is 1. The van der Waals surface area contributed by atoms with Gasteiger partial charge < -0.3 is 19.9 Å². The summed E-state index contributed by atoms with van der Waals surface area (Å²) in [4.78, 5) is 29.4. The highest BCUT2D eigenvalue weighted by atomic mass is 16.5. The monoisotopic (exact) mass is 385 g/mol. The van der Waals surface area contributed by atoms with E-state index in [1.54, 1.807) is 0 Å². The summed E-state index contributed by atoms with van der Waals surface area (Å²) in [6.45, 7) is 3.20. The molecular formula is C22H31N3O3. The van der Waals surface area contributed by atoms with Crippen molar-refractivity contribution in [2.45, 2.75) is 51.0 Å². The van der Waals surface area contributed by atoms with E-state index in [2.05, 4.69) is 10.2 Å². The zero-order chi connectivity index (χ0) is 19.3.